The standard InChI is InChI=1S/C22H26ClN3O2/c1-16-22(17(2)26(25-16)20-8-6-19(23)7-9-20)15-24-14-18-4-10-21(11-5-18)28-13-12-27-3/h4-11,24H,12-15H2,1-3H3. The van der Waals surface area contributed by atoms with E-state index in [1.165, 1.54) is 11.1 Å². The van der Waals surface area contributed by atoms with Gasteiger partial charge in [-0.15, -0.1) is 0 Å². The molecule has 0 spiro atoms. The van der Waals surface area contributed by atoms with E-state index in [1.807, 2.05) is 48.0 Å². The van der Waals surface area contributed by atoms with Gasteiger partial charge in [0.15, 0.2) is 0 Å². The van der Waals surface area contributed by atoms with Gasteiger partial charge in [-0.25, -0.2) is 4.68 Å². The maximum absolute atomic E-state index is 5.99. The molecule has 3 rings (SSSR count). The van der Waals surface area contributed by atoms with Crippen LogP contribution < -0.4 is 10.1 Å². The second kappa shape index (κ2) is 9.73. The normalized spacial score (nSPS) is 11.0. The summed E-state index contributed by atoms with van der Waals surface area (Å²) in [6.07, 6.45) is 0. The van der Waals surface area contributed by atoms with Crippen LogP contribution in [0.2, 0.25) is 5.02 Å². The van der Waals surface area contributed by atoms with Gasteiger partial charge in [-0.05, 0) is 55.8 Å². The van der Waals surface area contributed by atoms with Gasteiger partial charge >= 0.3 is 0 Å². The fourth-order valence-corrected chi connectivity index (χ4v) is 3.17. The fraction of sp³-hybridized carbons (Fsp3) is 0.318. The van der Waals surface area contributed by atoms with E-state index in [2.05, 4.69) is 29.5 Å². The molecule has 0 fully saturated rings. The van der Waals surface area contributed by atoms with Crippen LogP contribution in [-0.2, 0) is 17.8 Å². The molecular weight excluding hydrogens is 374 g/mol. The van der Waals surface area contributed by atoms with Crippen molar-refractivity contribution in [2.45, 2.75) is 26.9 Å². The van der Waals surface area contributed by atoms with Gasteiger partial charge in [0, 0.05) is 36.5 Å². The maximum Gasteiger partial charge on any atom is 0.119 e. The second-order valence-corrected chi connectivity index (χ2v) is 7.06. The summed E-state index contributed by atoms with van der Waals surface area (Å²) >= 11 is 5.99. The number of halogens is 1. The zero-order valence-corrected chi connectivity index (χ0v) is 17.3. The van der Waals surface area contributed by atoms with Crippen molar-refractivity contribution in [1.29, 1.82) is 0 Å². The highest BCUT2D eigenvalue weighted by Gasteiger charge is 2.12. The molecular formula is C22H26ClN3O2. The third-order valence-corrected chi connectivity index (χ3v) is 4.87. The molecule has 0 amide bonds. The SMILES string of the molecule is COCCOc1ccc(CNCc2c(C)nn(-c3ccc(Cl)cc3)c2C)cc1. The summed E-state index contributed by atoms with van der Waals surface area (Å²) in [7, 11) is 1.67. The van der Waals surface area contributed by atoms with Crippen LogP contribution in [0.4, 0.5) is 0 Å². The molecule has 5 nitrogen and oxygen atoms in total. The summed E-state index contributed by atoms with van der Waals surface area (Å²) in [6, 6.07) is 15.9. The van der Waals surface area contributed by atoms with Crippen LogP contribution in [0.5, 0.6) is 5.75 Å². The minimum Gasteiger partial charge on any atom is -0.491 e. The molecule has 0 aliphatic heterocycles. The average Bonchev–Trinajstić information content (AvgIpc) is 2.98. The van der Waals surface area contributed by atoms with Crippen LogP contribution >= 0.6 is 11.6 Å². The molecule has 0 saturated carbocycles. The van der Waals surface area contributed by atoms with Crippen molar-refractivity contribution < 1.29 is 9.47 Å². The van der Waals surface area contributed by atoms with Crippen molar-refractivity contribution in [3.8, 4) is 11.4 Å². The Hall–Kier alpha value is -2.34. The molecule has 0 atom stereocenters. The molecule has 148 valence electrons. The van der Waals surface area contributed by atoms with E-state index in [9.17, 15) is 0 Å². The molecule has 0 aliphatic carbocycles. The minimum absolute atomic E-state index is 0.560. The molecule has 3 aromatic rings. The zero-order valence-electron chi connectivity index (χ0n) is 16.5. The minimum atomic E-state index is 0.560. The highest BCUT2D eigenvalue weighted by Crippen LogP contribution is 2.20. The van der Waals surface area contributed by atoms with Gasteiger partial charge in [0.2, 0.25) is 0 Å². The Bertz CT molecular complexity index is 889. The highest BCUT2D eigenvalue weighted by atomic mass is 35.5. The largest absolute Gasteiger partial charge is 0.491 e. The van der Waals surface area contributed by atoms with E-state index in [4.69, 9.17) is 21.1 Å². The number of methoxy groups -OCH3 is 1. The van der Waals surface area contributed by atoms with Crippen molar-refractivity contribution in [2.24, 2.45) is 0 Å². The van der Waals surface area contributed by atoms with E-state index in [0.717, 1.165) is 40.9 Å². The van der Waals surface area contributed by atoms with Crippen LogP contribution in [0, 0.1) is 13.8 Å². The number of rotatable bonds is 9. The van der Waals surface area contributed by atoms with E-state index in [0.29, 0.717) is 13.2 Å². The first-order chi connectivity index (χ1) is 13.6. The first kappa shape index (κ1) is 20.4. The molecule has 2 aromatic carbocycles. The highest BCUT2D eigenvalue weighted by molar-refractivity contribution is 6.30. The van der Waals surface area contributed by atoms with Crippen molar-refractivity contribution in [1.82, 2.24) is 15.1 Å². The van der Waals surface area contributed by atoms with Gasteiger partial charge in [-0.1, -0.05) is 23.7 Å². The van der Waals surface area contributed by atoms with Crippen LogP contribution in [0.25, 0.3) is 5.69 Å². The lowest BCUT2D eigenvalue weighted by molar-refractivity contribution is 0.146. The number of hydrogen-bond donors (Lipinski definition) is 1. The molecule has 1 N–H and O–H groups in total. The smallest absolute Gasteiger partial charge is 0.119 e. The number of aromatic nitrogens is 2. The summed E-state index contributed by atoms with van der Waals surface area (Å²) in [5, 5.41) is 8.92. The molecule has 0 bridgehead atoms. The number of aryl methyl sites for hydroxylation is 1. The van der Waals surface area contributed by atoms with E-state index in [-0.39, 0.29) is 0 Å². The lowest BCUT2D eigenvalue weighted by Crippen LogP contribution is -2.14. The third-order valence-electron chi connectivity index (χ3n) is 4.62. The first-order valence-corrected chi connectivity index (χ1v) is 9.68. The molecule has 1 aromatic heterocycles. The van der Waals surface area contributed by atoms with Crippen molar-refractivity contribution in [3.05, 3.63) is 76.1 Å². The molecule has 28 heavy (non-hydrogen) atoms. The summed E-state index contributed by atoms with van der Waals surface area (Å²) in [4.78, 5) is 0. The number of benzene rings is 2. The van der Waals surface area contributed by atoms with Gasteiger partial charge in [-0.3, -0.25) is 0 Å². The van der Waals surface area contributed by atoms with Gasteiger partial charge in [0.25, 0.3) is 0 Å². The number of ether oxygens (including phenoxy) is 2. The Balaban J connectivity index is 1.58. The van der Waals surface area contributed by atoms with Crippen LogP contribution in [0.1, 0.15) is 22.5 Å². The molecule has 0 saturated heterocycles. The fourth-order valence-electron chi connectivity index (χ4n) is 3.04. The van der Waals surface area contributed by atoms with Crippen molar-refractivity contribution in [2.75, 3.05) is 20.3 Å². The van der Waals surface area contributed by atoms with Gasteiger partial charge in [-0.2, -0.15) is 5.10 Å². The van der Waals surface area contributed by atoms with Crippen LogP contribution in [0.3, 0.4) is 0 Å². The third kappa shape index (κ3) is 5.13. The number of nitrogens with one attached hydrogen (secondary N) is 1. The summed E-state index contributed by atoms with van der Waals surface area (Å²) in [6.45, 7) is 6.83. The predicted octanol–water partition coefficient (Wildman–Crippen LogP) is 4.46. The Morgan fingerprint density at radius 2 is 1.68 bits per heavy atom. The Labute approximate surface area is 171 Å². The summed E-state index contributed by atoms with van der Waals surface area (Å²) in [5.41, 5.74) is 5.60. The van der Waals surface area contributed by atoms with Gasteiger partial charge < -0.3 is 14.8 Å². The predicted molar refractivity (Wildman–Crippen MR) is 112 cm³/mol. The van der Waals surface area contributed by atoms with Crippen molar-refractivity contribution in [3.63, 3.8) is 0 Å². The van der Waals surface area contributed by atoms with E-state index >= 15 is 0 Å². The van der Waals surface area contributed by atoms with Crippen LogP contribution in [0.15, 0.2) is 48.5 Å². The monoisotopic (exact) mass is 399 g/mol. The summed E-state index contributed by atoms with van der Waals surface area (Å²) < 4.78 is 12.6. The molecule has 6 heteroatoms. The van der Waals surface area contributed by atoms with Crippen molar-refractivity contribution >= 4 is 11.6 Å². The van der Waals surface area contributed by atoms with Gasteiger partial charge in [0.05, 0.1) is 18.0 Å². The van der Waals surface area contributed by atoms with E-state index in [1.54, 1.807) is 7.11 Å². The van der Waals surface area contributed by atoms with E-state index < -0.39 is 0 Å². The second-order valence-electron chi connectivity index (χ2n) is 6.63. The molecule has 0 aliphatic rings. The summed E-state index contributed by atoms with van der Waals surface area (Å²) in [5.74, 6) is 0.858. The topological polar surface area (TPSA) is 48.3 Å². The Kier molecular flexibility index (Phi) is 7.09. The Morgan fingerprint density at radius 3 is 2.36 bits per heavy atom. The first-order valence-electron chi connectivity index (χ1n) is 9.31. The number of hydrogen-bond acceptors (Lipinski definition) is 4. The van der Waals surface area contributed by atoms with Crippen LogP contribution in [-0.4, -0.2) is 30.1 Å². The lowest BCUT2D eigenvalue weighted by atomic mass is 10.1. The molecule has 0 unspecified atom stereocenters. The average molecular weight is 400 g/mol. The zero-order chi connectivity index (χ0) is 19.9. The Morgan fingerprint density at radius 1 is 0.964 bits per heavy atom. The molecule has 0 radical (unpaired) electrons. The maximum atomic E-state index is 5.99. The number of nitrogens with zero attached hydrogens (tertiary/aromatic N) is 2. The molecule has 1 heterocycles. The lowest BCUT2D eigenvalue weighted by Gasteiger charge is -2.09. The quantitative estimate of drug-likeness (QED) is 0.540. The van der Waals surface area contributed by atoms with Gasteiger partial charge in [0.1, 0.15) is 12.4 Å².